The van der Waals surface area contributed by atoms with Gasteiger partial charge >= 0.3 is 0 Å². The normalized spacial score (nSPS) is 11.1. The molecule has 1 N–H and O–H groups in total. The van der Waals surface area contributed by atoms with Crippen LogP contribution in [0.5, 0.6) is 0 Å². The van der Waals surface area contributed by atoms with Gasteiger partial charge in [0.2, 0.25) is 5.91 Å². The van der Waals surface area contributed by atoms with E-state index in [1.165, 1.54) is 15.6 Å². The van der Waals surface area contributed by atoms with Gasteiger partial charge in [-0.1, -0.05) is 18.2 Å². The number of hydrogen-bond acceptors (Lipinski definition) is 3. The molecule has 1 aromatic carbocycles. The summed E-state index contributed by atoms with van der Waals surface area (Å²) in [5, 5.41) is 6.18. The van der Waals surface area contributed by atoms with Crippen LogP contribution in [0.4, 0.5) is 0 Å². The number of thiophene rings is 1. The van der Waals surface area contributed by atoms with Crippen LogP contribution in [0.2, 0.25) is 0 Å². The van der Waals surface area contributed by atoms with E-state index in [4.69, 9.17) is 0 Å². The maximum Gasteiger partial charge on any atom is 0.221 e. The van der Waals surface area contributed by atoms with Gasteiger partial charge in [0.15, 0.2) is 0 Å². The van der Waals surface area contributed by atoms with E-state index in [2.05, 4.69) is 46.9 Å². The maximum atomic E-state index is 11.2. The first-order chi connectivity index (χ1) is 8.70. The summed E-state index contributed by atoms with van der Waals surface area (Å²) < 4.78 is 1.33. The lowest BCUT2D eigenvalue weighted by molar-refractivity contribution is -0.120. The summed E-state index contributed by atoms with van der Waals surface area (Å²) in [6.45, 7) is 1.67. The van der Waals surface area contributed by atoms with Crippen LogP contribution in [-0.4, -0.2) is 31.4 Å². The van der Waals surface area contributed by atoms with Gasteiger partial charge in [-0.2, -0.15) is 0 Å². The Morgan fingerprint density at radius 2 is 2.17 bits per heavy atom. The number of carbonyl (C=O) groups excluding carboxylic acids is 1. The van der Waals surface area contributed by atoms with Gasteiger partial charge in [0, 0.05) is 31.3 Å². The van der Waals surface area contributed by atoms with Crippen LogP contribution >= 0.6 is 11.3 Å². The molecule has 1 amide bonds. The first kappa shape index (κ1) is 13.1. The Bertz CT molecular complexity index is 535. The summed E-state index contributed by atoms with van der Waals surface area (Å²) >= 11 is 1.78. The average Bonchev–Trinajstić information content (AvgIpc) is 2.79. The van der Waals surface area contributed by atoms with Crippen molar-refractivity contribution in [2.75, 3.05) is 20.6 Å². The highest BCUT2D eigenvalue weighted by molar-refractivity contribution is 7.17. The highest BCUT2D eigenvalue weighted by Crippen LogP contribution is 2.26. The third-order valence-corrected chi connectivity index (χ3v) is 4.01. The number of carbonyl (C=O) groups is 1. The number of hydrogen-bond donors (Lipinski definition) is 1. The Morgan fingerprint density at radius 3 is 2.94 bits per heavy atom. The number of benzene rings is 1. The van der Waals surface area contributed by atoms with E-state index < -0.39 is 0 Å². The molecular weight excluding hydrogens is 244 g/mol. The van der Waals surface area contributed by atoms with E-state index >= 15 is 0 Å². The van der Waals surface area contributed by atoms with Gasteiger partial charge in [0.1, 0.15) is 0 Å². The van der Waals surface area contributed by atoms with Crippen molar-refractivity contribution in [2.24, 2.45) is 0 Å². The van der Waals surface area contributed by atoms with E-state index in [1.54, 1.807) is 18.4 Å². The molecule has 1 heterocycles. The Kier molecular flexibility index (Phi) is 4.33. The highest BCUT2D eigenvalue weighted by atomic mass is 32.1. The molecule has 0 radical (unpaired) electrons. The van der Waals surface area contributed by atoms with Gasteiger partial charge in [0.05, 0.1) is 0 Å². The Labute approximate surface area is 111 Å². The first-order valence-corrected chi connectivity index (χ1v) is 6.93. The average molecular weight is 262 g/mol. The summed E-state index contributed by atoms with van der Waals surface area (Å²) in [6, 6.07) is 8.45. The van der Waals surface area contributed by atoms with Crippen molar-refractivity contribution in [3.63, 3.8) is 0 Å². The van der Waals surface area contributed by atoms with Gasteiger partial charge in [-0.25, -0.2) is 0 Å². The number of fused-ring (bicyclic) bond motifs is 1. The Balaban J connectivity index is 1.98. The monoisotopic (exact) mass is 262 g/mol. The smallest absolute Gasteiger partial charge is 0.221 e. The number of amides is 1. The van der Waals surface area contributed by atoms with E-state index in [0.29, 0.717) is 6.42 Å². The van der Waals surface area contributed by atoms with Gasteiger partial charge in [-0.05, 0) is 29.4 Å². The topological polar surface area (TPSA) is 32.3 Å². The second kappa shape index (κ2) is 5.98. The minimum Gasteiger partial charge on any atom is -0.359 e. The Morgan fingerprint density at radius 1 is 1.39 bits per heavy atom. The number of nitrogens with one attached hydrogen (secondary N) is 1. The maximum absolute atomic E-state index is 11.2. The molecule has 0 fully saturated rings. The molecular formula is C14H18N2OS. The zero-order chi connectivity index (χ0) is 13.0. The fourth-order valence-electron chi connectivity index (χ4n) is 1.94. The van der Waals surface area contributed by atoms with Crippen LogP contribution in [0.1, 0.15) is 12.0 Å². The molecule has 0 saturated heterocycles. The third-order valence-electron chi connectivity index (χ3n) is 3.00. The molecule has 0 unspecified atom stereocenters. The molecule has 1 aromatic heterocycles. The molecule has 0 bridgehead atoms. The van der Waals surface area contributed by atoms with Crippen LogP contribution in [0.15, 0.2) is 29.6 Å². The van der Waals surface area contributed by atoms with Gasteiger partial charge < -0.3 is 10.2 Å². The van der Waals surface area contributed by atoms with Crippen LogP contribution < -0.4 is 5.32 Å². The molecule has 96 valence electrons. The summed E-state index contributed by atoms with van der Waals surface area (Å²) in [6.07, 6.45) is 0.551. The summed E-state index contributed by atoms with van der Waals surface area (Å²) in [5.41, 5.74) is 1.34. The summed E-state index contributed by atoms with van der Waals surface area (Å²) in [7, 11) is 3.73. The second-order valence-electron chi connectivity index (χ2n) is 4.42. The standard InChI is InChI=1S/C14H18N2OS/c1-15-14(17)7-8-16(2)9-11-10-18-13-6-4-3-5-12(11)13/h3-6,10H,7-9H2,1-2H3,(H,15,17). The highest BCUT2D eigenvalue weighted by Gasteiger charge is 2.07. The molecule has 2 rings (SSSR count). The van der Waals surface area contributed by atoms with Crippen LogP contribution in [-0.2, 0) is 11.3 Å². The quantitative estimate of drug-likeness (QED) is 0.898. The van der Waals surface area contributed by atoms with Crippen molar-refractivity contribution in [1.29, 1.82) is 0 Å². The zero-order valence-corrected chi connectivity index (χ0v) is 11.6. The van der Waals surface area contributed by atoms with E-state index in [0.717, 1.165) is 13.1 Å². The predicted octanol–water partition coefficient (Wildman–Crippen LogP) is 2.47. The molecule has 0 saturated carbocycles. The fourth-order valence-corrected chi connectivity index (χ4v) is 2.90. The van der Waals surface area contributed by atoms with Crippen molar-refractivity contribution >= 4 is 27.3 Å². The predicted molar refractivity (Wildman–Crippen MR) is 76.8 cm³/mol. The van der Waals surface area contributed by atoms with Crippen molar-refractivity contribution in [2.45, 2.75) is 13.0 Å². The lowest BCUT2D eigenvalue weighted by atomic mass is 10.1. The minimum absolute atomic E-state index is 0.0945. The van der Waals surface area contributed by atoms with Crippen LogP contribution in [0.3, 0.4) is 0 Å². The lowest BCUT2D eigenvalue weighted by Gasteiger charge is -2.15. The molecule has 0 spiro atoms. The van der Waals surface area contributed by atoms with Gasteiger partial charge in [-0.15, -0.1) is 11.3 Å². The van der Waals surface area contributed by atoms with Crippen molar-refractivity contribution in [3.8, 4) is 0 Å². The summed E-state index contributed by atoms with van der Waals surface area (Å²) in [4.78, 5) is 13.4. The SMILES string of the molecule is CNC(=O)CCN(C)Cc1csc2ccccc12. The van der Waals surface area contributed by atoms with Crippen LogP contribution in [0, 0.1) is 0 Å². The molecule has 0 aliphatic carbocycles. The summed E-state index contributed by atoms with van der Waals surface area (Å²) in [5.74, 6) is 0.0945. The van der Waals surface area contributed by atoms with E-state index in [9.17, 15) is 4.79 Å². The number of rotatable bonds is 5. The molecule has 0 aliphatic heterocycles. The van der Waals surface area contributed by atoms with Gasteiger partial charge in [0.25, 0.3) is 0 Å². The first-order valence-electron chi connectivity index (χ1n) is 6.05. The zero-order valence-electron chi connectivity index (χ0n) is 10.8. The fraction of sp³-hybridized carbons (Fsp3) is 0.357. The largest absolute Gasteiger partial charge is 0.359 e. The molecule has 18 heavy (non-hydrogen) atoms. The molecule has 4 heteroatoms. The molecule has 3 nitrogen and oxygen atoms in total. The lowest BCUT2D eigenvalue weighted by Crippen LogP contribution is -2.26. The van der Waals surface area contributed by atoms with Crippen molar-refractivity contribution in [3.05, 3.63) is 35.2 Å². The van der Waals surface area contributed by atoms with Gasteiger partial charge in [-0.3, -0.25) is 4.79 Å². The number of nitrogens with zero attached hydrogens (tertiary/aromatic N) is 1. The van der Waals surface area contributed by atoms with Crippen molar-refractivity contribution < 1.29 is 4.79 Å². The molecule has 0 aliphatic rings. The van der Waals surface area contributed by atoms with E-state index in [-0.39, 0.29) is 5.91 Å². The Hall–Kier alpha value is -1.39. The molecule has 2 aromatic rings. The van der Waals surface area contributed by atoms with Crippen LogP contribution in [0.25, 0.3) is 10.1 Å². The minimum atomic E-state index is 0.0945. The second-order valence-corrected chi connectivity index (χ2v) is 5.33. The molecule has 0 atom stereocenters. The van der Waals surface area contributed by atoms with Crippen molar-refractivity contribution in [1.82, 2.24) is 10.2 Å². The third kappa shape index (κ3) is 3.09. The van der Waals surface area contributed by atoms with E-state index in [1.807, 2.05) is 0 Å².